The molecule has 1 saturated heterocycles. The Bertz CT molecular complexity index is 727. The topological polar surface area (TPSA) is 78.3 Å². The van der Waals surface area contributed by atoms with Crippen molar-refractivity contribution in [2.75, 3.05) is 37.0 Å². The van der Waals surface area contributed by atoms with E-state index in [4.69, 9.17) is 0 Å². The zero-order valence-corrected chi connectivity index (χ0v) is 14.9. The number of aromatic nitrogens is 3. The lowest BCUT2D eigenvalue weighted by Crippen LogP contribution is -2.43. The molecule has 134 valence electrons. The van der Waals surface area contributed by atoms with Crippen LogP contribution in [0, 0.1) is 0 Å². The zero-order chi connectivity index (χ0) is 17.8. The number of pyridine rings is 1. The first kappa shape index (κ1) is 17.1. The average Bonchev–Trinajstić information content (AvgIpc) is 3.22. The van der Waals surface area contributed by atoms with Crippen molar-refractivity contribution >= 4 is 17.5 Å². The van der Waals surface area contributed by atoms with Crippen molar-refractivity contribution in [2.45, 2.75) is 19.0 Å². The zero-order valence-electron chi connectivity index (χ0n) is 14.9. The summed E-state index contributed by atoms with van der Waals surface area (Å²) in [6.45, 7) is 2.17. The lowest BCUT2D eigenvalue weighted by atomic mass is 10.2. The molecule has 0 aromatic carbocycles. The molecule has 8 heteroatoms. The highest BCUT2D eigenvalue weighted by Gasteiger charge is 2.24. The van der Waals surface area contributed by atoms with Gasteiger partial charge in [0.1, 0.15) is 5.82 Å². The second kappa shape index (κ2) is 7.42. The predicted molar refractivity (Wildman–Crippen MR) is 97.8 cm³/mol. The van der Waals surface area contributed by atoms with Gasteiger partial charge in [0.25, 0.3) is 0 Å². The molecule has 2 aromatic heterocycles. The van der Waals surface area contributed by atoms with Gasteiger partial charge in [-0.05, 0) is 12.5 Å². The largest absolute Gasteiger partial charge is 0.367 e. The normalized spacial score (nSPS) is 16.8. The lowest BCUT2D eigenvalue weighted by Gasteiger charge is -2.18. The molecular formula is C17H25N7O. The van der Waals surface area contributed by atoms with Crippen LogP contribution in [-0.2, 0) is 13.6 Å². The molecule has 1 aliphatic rings. The van der Waals surface area contributed by atoms with Gasteiger partial charge >= 0.3 is 6.03 Å². The number of hydrogen-bond acceptors (Lipinski definition) is 5. The van der Waals surface area contributed by atoms with E-state index < -0.39 is 0 Å². The molecule has 1 unspecified atom stereocenters. The van der Waals surface area contributed by atoms with Crippen molar-refractivity contribution in [3.05, 3.63) is 36.3 Å². The SMILES string of the molecule is CN(C)c1ncccc1CNC(=O)NC1CCN(c2cnn(C)c2)C1. The summed E-state index contributed by atoms with van der Waals surface area (Å²) in [5, 5.41) is 10.2. The van der Waals surface area contributed by atoms with E-state index in [1.165, 1.54) is 0 Å². The number of aryl methyl sites for hydroxylation is 1. The van der Waals surface area contributed by atoms with Gasteiger partial charge in [-0.3, -0.25) is 4.68 Å². The third-order valence-corrected chi connectivity index (χ3v) is 4.31. The molecule has 1 fully saturated rings. The number of carbonyl (C=O) groups is 1. The monoisotopic (exact) mass is 343 g/mol. The Hall–Kier alpha value is -2.77. The fourth-order valence-corrected chi connectivity index (χ4v) is 3.07. The number of carbonyl (C=O) groups excluding carboxylic acids is 1. The van der Waals surface area contributed by atoms with E-state index in [9.17, 15) is 4.79 Å². The minimum absolute atomic E-state index is 0.141. The summed E-state index contributed by atoms with van der Waals surface area (Å²) < 4.78 is 1.79. The molecule has 2 aromatic rings. The van der Waals surface area contributed by atoms with Gasteiger partial charge in [0, 0.05) is 64.8 Å². The molecule has 8 nitrogen and oxygen atoms in total. The number of hydrogen-bond donors (Lipinski definition) is 2. The van der Waals surface area contributed by atoms with Gasteiger partial charge in [0.2, 0.25) is 0 Å². The Labute approximate surface area is 147 Å². The van der Waals surface area contributed by atoms with Crippen molar-refractivity contribution in [3.8, 4) is 0 Å². The summed E-state index contributed by atoms with van der Waals surface area (Å²) in [5.41, 5.74) is 2.09. The summed E-state index contributed by atoms with van der Waals surface area (Å²) in [6.07, 6.45) is 6.53. The summed E-state index contributed by atoms with van der Waals surface area (Å²) in [6, 6.07) is 3.85. The second-order valence-corrected chi connectivity index (χ2v) is 6.51. The van der Waals surface area contributed by atoms with Crippen LogP contribution in [0.25, 0.3) is 0 Å². The Morgan fingerprint density at radius 2 is 2.28 bits per heavy atom. The smallest absolute Gasteiger partial charge is 0.315 e. The number of rotatable bonds is 5. The Kier molecular flexibility index (Phi) is 5.06. The molecule has 0 radical (unpaired) electrons. The van der Waals surface area contributed by atoms with Crippen LogP contribution in [0.5, 0.6) is 0 Å². The van der Waals surface area contributed by atoms with Gasteiger partial charge in [-0.1, -0.05) is 6.07 Å². The fraction of sp³-hybridized carbons (Fsp3) is 0.471. The third-order valence-electron chi connectivity index (χ3n) is 4.31. The van der Waals surface area contributed by atoms with Crippen LogP contribution >= 0.6 is 0 Å². The molecule has 25 heavy (non-hydrogen) atoms. The van der Waals surface area contributed by atoms with Gasteiger partial charge in [0.05, 0.1) is 11.9 Å². The summed E-state index contributed by atoms with van der Waals surface area (Å²) >= 11 is 0. The lowest BCUT2D eigenvalue weighted by molar-refractivity contribution is 0.237. The van der Waals surface area contributed by atoms with Crippen LogP contribution in [0.15, 0.2) is 30.7 Å². The Morgan fingerprint density at radius 3 is 3.00 bits per heavy atom. The number of anilines is 2. The van der Waals surface area contributed by atoms with Crippen LogP contribution in [0.1, 0.15) is 12.0 Å². The predicted octanol–water partition coefficient (Wildman–Crippen LogP) is 0.959. The van der Waals surface area contributed by atoms with Crippen molar-refractivity contribution in [3.63, 3.8) is 0 Å². The highest BCUT2D eigenvalue weighted by atomic mass is 16.2. The van der Waals surface area contributed by atoms with Gasteiger partial charge in [-0.25, -0.2) is 9.78 Å². The Balaban J connectivity index is 1.49. The summed E-state index contributed by atoms with van der Waals surface area (Å²) in [4.78, 5) is 20.7. The van der Waals surface area contributed by atoms with Crippen LogP contribution in [0.2, 0.25) is 0 Å². The fourth-order valence-electron chi connectivity index (χ4n) is 3.07. The number of amides is 2. The van der Waals surface area contributed by atoms with Gasteiger partial charge in [-0.2, -0.15) is 5.10 Å². The molecule has 2 N–H and O–H groups in total. The number of nitrogens with one attached hydrogen (secondary N) is 2. The molecule has 2 amide bonds. The van der Waals surface area contributed by atoms with Gasteiger partial charge in [0.15, 0.2) is 0 Å². The maximum Gasteiger partial charge on any atom is 0.315 e. The highest BCUT2D eigenvalue weighted by Crippen LogP contribution is 2.19. The second-order valence-electron chi connectivity index (χ2n) is 6.51. The average molecular weight is 343 g/mol. The molecule has 3 rings (SSSR count). The maximum absolute atomic E-state index is 12.2. The van der Waals surface area contributed by atoms with E-state index >= 15 is 0 Å². The van der Waals surface area contributed by atoms with Gasteiger partial charge in [-0.15, -0.1) is 0 Å². The third kappa shape index (κ3) is 4.20. The quantitative estimate of drug-likeness (QED) is 0.845. The first-order chi connectivity index (χ1) is 12.0. The van der Waals surface area contributed by atoms with E-state index in [0.29, 0.717) is 6.54 Å². The minimum atomic E-state index is -0.147. The van der Waals surface area contributed by atoms with Crippen molar-refractivity contribution in [1.29, 1.82) is 0 Å². The minimum Gasteiger partial charge on any atom is -0.367 e. The van der Waals surface area contributed by atoms with E-state index in [1.807, 2.05) is 50.6 Å². The van der Waals surface area contributed by atoms with Crippen molar-refractivity contribution in [1.82, 2.24) is 25.4 Å². The number of urea groups is 1. The summed E-state index contributed by atoms with van der Waals surface area (Å²) in [7, 11) is 5.79. The molecule has 3 heterocycles. The van der Waals surface area contributed by atoms with E-state index in [-0.39, 0.29) is 12.1 Å². The van der Waals surface area contributed by atoms with Crippen molar-refractivity contribution < 1.29 is 4.79 Å². The van der Waals surface area contributed by atoms with Crippen LogP contribution in [0.3, 0.4) is 0 Å². The Morgan fingerprint density at radius 1 is 1.44 bits per heavy atom. The van der Waals surface area contributed by atoms with Crippen molar-refractivity contribution in [2.24, 2.45) is 7.05 Å². The molecular weight excluding hydrogens is 318 g/mol. The molecule has 1 aliphatic heterocycles. The van der Waals surface area contributed by atoms with Crippen LogP contribution in [0.4, 0.5) is 16.3 Å². The van der Waals surface area contributed by atoms with Crippen LogP contribution in [-0.4, -0.2) is 54.0 Å². The molecule has 0 spiro atoms. The van der Waals surface area contributed by atoms with E-state index in [1.54, 1.807) is 10.9 Å². The maximum atomic E-state index is 12.2. The molecule has 0 bridgehead atoms. The van der Waals surface area contributed by atoms with E-state index in [0.717, 1.165) is 36.6 Å². The van der Waals surface area contributed by atoms with Crippen LogP contribution < -0.4 is 20.4 Å². The van der Waals surface area contributed by atoms with E-state index in [2.05, 4.69) is 25.6 Å². The highest BCUT2D eigenvalue weighted by molar-refractivity contribution is 5.74. The first-order valence-corrected chi connectivity index (χ1v) is 8.42. The number of nitrogens with zero attached hydrogens (tertiary/aromatic N) is 5. The molecule has 1 atom stereocenters. The first-order valence-electron chi connectivity index (χ1n) is 8.42. The molecule has 0 saturated carbocycles. The summed E-state index contributed by atoms with van der Waals surface area (Å²) in [5.74, 6) is 0.867. The molecule has 0 aliphatic carbocycles. The standard InChI is InChI=1S/C17H25N7O/c1-22(2)16-13(5-4-7-18-16)9-19-17(25)21-14-6-8-24(11-14)15-10-20-23(3)12-15/h4-5,7,10,12,14H,6,8-9,11H2,1-3H3,(H2,19,21,25). The van der Waals surface area contributed by atoms with Gasteiger partial charge < -0.3 is 20.4 Å².